The monoisotopic (exact) mass is 264 g/mol. The second-order valence-corrected chi connectivity index (χ2v) is 4.61. The van der Waals surface area contributed by atoms with Gasteiger partial charge in [-0.2, -0.15) is 0 Å². The first-order valence-electron chi connectivity index (χ1n) is 5.36. The van der Waals surface area contributed by atoms with E-state index in [2.05, 4.69) is 4.98 Å². The maximum Gasteiger partial charge on any atom is 0.130 e. The van der Waals surface area contributed by atoms with Gasteiger partial charge in [0.15, 0.2) is 0 Å². The molecule has 1 heterocycles. The molecule has 1 aromatic carbocycles. The molecule has 5 heteroatoms. The van der Waals surface area contributed by atoms with Crippen LogP contribution in [0.15, 0.2) is 41.6 Å². The minimum atomic E-state index is -0.281. The zero-order chi connectivity index (χ0) is 13.0. The number of rotatable bonds is 4. The molecule has 0 saturated carbocycles. The van der Waals surface area contributed by atoms with Gasteiger partial charge in [-0.05, 0) is 23.8 Å². The summed E-state index contributed by atoms with van der Waals surface area (Å²) in [7, 11) is 1.51. The van der Waals surface area contributed by atoms with Crippen molar-refractivity contribution in [1.29, 1.82) is 0 Å². The number of halogens is 1. The van der Waals surface area contributed by atoms with Crippen LogP contribution in [-0.4, -0.2) is 12.1 Å². The molecule has 0 aliphatic rings. The molecule has 0 saturated heterocycles. The van der Waals surface area contributed by atoms with E-state index in [4.69, 9.17) is 10.5 Å². The first kappa shape index (κ1) is 12.7. The fraction of sp³-hybridized carbons (Fsp3) is 0.154. The summed E-state index contributed by atoms with van der Waals surface area (Å²) in [5.41, 5.74) is 6.98. The Balaban J connectivity index is 2.09. The molecule has 18 heavy (non-hydrogen) atoms. The predicted octanol–water partition coefficient (Wildman–Crippen LogP) is 3.10. The molecule has 0 spiro atoms. The largest absolute Gasteiger partial charge is 0.497 e. The zero-order valence-electron chi connectivity index (χ0n) is 9.89. The molecule has 0 fully saturated rings. The molecule has 0 atom stereocenters. The fourth-order valence-corrected chi connectivity index (χ4v) is 2.34. The summed E-state index contributed by atoms with van der Waals surface area (Å²) in [6, 6.07) is 8.37. The van der Waals surface area contributed by atoms with Crippen LogP contribution in [-0.2, 0) is 5.75 Å². The van der Waals surface area contributed by atoms with E-state index in [1.807, 2.05) is 0 Å². The van der Waals surface area contributed by atoms with E-state index in [0.29, 0.717) is 27.8 Å². The Kier molecular flexibility index (Phi) is 4.04. The van der Waals surface area contributed by atoms with Gasteiger partial charge in [0, 0.05) is 18.0 Å². The van der Waals surface area contributed by atoms with E-state index in [-0.39, 0.29) is 5.82 Å². The van der Waals surface area contributed by atoms with Crippen molar-refractivity contribution in [2.24, 2.45) is 0 Å². The molecule has 94 valence electrons. The van der Waals surface area contributed by atoms with Crippen molar-refractivity contribution in [3.63, 3.8) is 0 Å². The number of thioether (sulfide) groups is 1. The average molecular weight is 264 g/mol. The molecular formula is C13H13FN2OS. The average Bonchev–Trinajstić information content (AvgIpc) is 2.39. The number of hydrogen-bond acceptors (Lipinski definition) is 4. The van der Waals surface area contributed by atoms with Gasteiger partial charge in [0.2, 0.25) is 0 Å². The lowest BCUT2D eigenvalue weighted by Crippen LogP contribution is -1.93. The molecular weight excluding hydrogens is 251 g/mol. The number of nitrogens with zero attached hydrogens (tertiary/aromatic N) is 1. The van der Waals surface area contributed by atoms with Gasteiger partial charge < -0.3 is 10.5 Å². The summed E-state index contributed by atoms with van der Waals surface area (Å²) in [4.78, 5) is 4.15. The highest BCUT2D eigenvalue weighted by Gasteiger charge is 2.06. The topological polar surface area (TPSA) is 48.1 Å². The number of hydrogen-bond donors (Lipinski definition) is 1. The molecule has 2 aromatic rings. The van der Waals surface area contributed by atoms with Crippen LogP contribution in [0.25, 0.3) is 0 Å². The molecule has 2 rings (SSSR count). The van der Waals surface area contributed by atoms with Crippen LogP contribution in [0, 0.1) is 5.82 Å². The standard InChI is InChI=1S/C13H13FN2OS/c1-17-10-5-4-9(11(14)7-10)8-18-13-12(15)3-2-6-16-13/h2-7H,8,15H2,1H3. The number of pyridine rings is 1. The van der Waals surface area contributed by atoms with Crippen LogP contribution in [0.1, 0.15) is 5.56 Å². The minimum Gasteiger partial charge on any atom is -0.497 e. The maximum absolute atomic E-state index is 13.7. The van der Waals surface area contributed by atoms with Crippen molar-refractivity contribution in [3.05, 3.63) is 47.9 Å². The number of aromatic nitrogens is 1. The van der Waals surface area contributed by atoms with E-state index in [9.17, 15) is 4.39 Å². The van der Waals surface area contributed by atoms with Crippen molar-refractivity contribution in [1.82, 2.24) is 4.98 Å². The highest BCUT2D eigenvalue weighted by Crippen LogP contribution is 2.27. The molecule has 0 aliphatic carbocycles. The fourth-order valence-electron chi connectivity index (χ4n) is 1.44. The van der Waals surface area contributed by atoms with Crippen molar-refractivity contribution in [3.8, 4) is 5.75 Å². The van der Waals surface area contributed by atoms with Gasteiger partial charge >= 0.3 is 0 Å². The highest BCUT2D eigenvalue weighted by molar-refractivity contribution is 7.98. The molecule has 3 nitrogen and oxygen atoms in total. The van der Waals surface area contributed by atoms with E-state index in [0.717, 1.165) is 0 Å². The third-order valence-corrected chi connectivity index (χ3v) is 3.50. The van der Waals surface area contributed by atoms with Crippen LogP contribution < -0.4 is 10.5 Å². The lowest BCUT2D eigenvalue weighted by Gasteiger charge is -2.06. The van der Waals surface area contributed by atoms with Gasteiger partial charge in [0.25, 0.3) is 0 Å². The summed E-state index contributed by atoms with van der Waals surface area (Å²) in [5.74, 6) is 0.715. The smallest absolute Gasteiger partial charge is 0.130 e. The third-order valence-electron chi connectivity index (χ3n) is 2.43. The van der Waals surface area contributed by atoms with Crippen LogP contribution in [0.2, 0.25) is 0 Å². The number of nitrogens with two attached hydrogens (primary N) is 1. The Bertz CT molecular complexity index is 548. The van der Waals surface area contributed by atoms with Gasteiger partial charge in [-0.3, -0.25) is 0 Å². The van der Waals surface area contributed by atoms with Crippen molar-refractivity contribution in [2.45, 2.75) is 10.8 Å². The Labute approximate surface area is 109 Å². The van der Waals surface area contributed by atoms with Crippen molar-refractivity contribution in [2.75, 3.05) is 12.8 Å². The van der Waals surface area contributed by atoms with E-state index in [1.54, 1.807) is 30.5 Å². The van der Waals surface area contributed by atoms with E-state index >= 15 is 0 Å². The Morgan fingerprint density at radius 1 is 1.39 bits per heavy atom. The number of benzene rings is 1. The lowest BCUT2D eigenvalue weighted by atomic mass is 10.2. The Morgan fingerprint density at radius 2 is 2.22 bits per heavy atom. The van der Waals surface area contributed by atoms with Gasteiger partial charge in [-0.15, -0.1) is 0 Å². The van der Waals surface area contributed by atoms with E-state index < -0.39 is 0 Å². The molecule has 0 unspecified atom stereocenters. The molecule has 2 N–H and O–H groups in total. The Morgan fingerprint density at radius 3 is 2.89 bits per heavy atom. The number of nitrogen functional groups attached to an aromatic ring is 1. The van der Waals surface area contributed by atoms with Crippen LogP contribution in [0.4, 0.5) is 10.1 Å². The first-order chi connectivity index (χ1) is 8.70. The Hall–Kier alpha value is -1.75. The molecule has 0 aliphatic heterocycles. The van der Waals surface area contributed by atoms with Gasteiger partial charge in [-0.1, -0.05) is 17.8 Å². The highest BCUT2D eigenvalue weighted by atomic mass is 32.2. The summed E-state index contributed by atoms with van der Waals surface area (Å²) in [6.45, 7) is 0. The number of anilines is 1. The summed E-state index contributed by atoms with van der Waals surface area (Å²) < 4.78 is 18.6. The van der Waals surface area contributed by atoms with Crippen molar-refractivity contribution >= 4 is 17.4 Å². The van der Waals surface area contributed by atoms with Crippen LogP contribution in [0.3, 0.4) is 0 Å². The number of ether oxygens (including phenoxy) is 1. The van der Waals surface area contributed by atoms with Crippen molar-refractivity contribution < 1.29 is 9.13 Å². The van der Waals surface area contributed by atoms with Crippen LogP contribution in [0.5, 0.6) is 5.75 Å². The second kappa shape index (κ2) is 5.73. The normalized spacial score (nSPS) is 10.3. The minimum absolute atomic E-state index is 0.281. The van der Waals surface area contributed by atoms with Crippen LogP contribution >= 0.6 is 11.8 Å². The second-order valence-electron chi connectivity index (χ2n) is 3.64. The third kappa shape index (κ3) is 2.92. The van der Waals surface area contributed by atoms with Gasteiger partial charge in [-0.25, -0.2) is 9.37 Å². The number of methoxy groups -OCH3 is 1. The zero-order valence-corrected chi connectivity index (χ0v) is 10.7. The lowest BCUT2D eigenvalue weighted by molar-refractivity contribution is 0.411. The summed E-state index contributed by atoms with van der Waals surface area (Å²) >= 11 is 1.41. The first-order valence-corrected chi connectivity index (χ1v) is 6.35. The molecule has 0 radical (unpaired) electrons. The molecule has 0 amide bonds. The van der Waals surface area contributed by atoms with Gasteiger partial charge in [0.1, 0.15) is 16.6 Å². The summed E-state index contributed by atoms with van der Waals surface area (Å²) in [5, 5.41) is 0.715. The molecule has 1 aromatic heterocycles. The quantitative estimate of drug-likeness (QED) is 0.862. The maximum atomic E-state index is 13.7. The van der Waals surface area contributed by atoms with E-state index in [1.165, 1.54) is 24.9 Å². The predicted molar refractivity (Wildman–Crippen MR) is 71.2 cm³/mol. The molecule has 0 bridgehead atoms. The SMILES string of the molecule is COc1ccc(CSc2ncccc2N)c(F)c1. The van der Waals surface area contributed by atoms with Gasteiger partial charge in [0.05, 0.1) is 12.8 Å². The summed E-state index contributed by atoms with van der Waals surface area (Å²) in [6.07, 6.45) is 1.67.